The highest BCUT2D eigenvalue weighted by molar-refractivity contribution is 6.30. The summed E-state index contributed by atoms with van der Waals surface area (Å²) in [5.74, 6) is 0.0307. The highest BCUT2D eigenvalue weighted by Crippen LogP contribution is 2.19. The Morgan fingerprint density at radius 3 is 2.14 bits per heavy atom. The minimum Gasteiger partial charge on any atom is -0.289 e. The van der Waals surface area contributed by atoms with Gasteiger partial charge in [0.25, 0.3) is 0 Å². The number of ketones is 1. The van der Waals surface area contributed by atoms with Crippen molar-refractivity contribution in [2.45, 2.75) is 6.42 Å². The van der Waals surface area contributed by atoms with E-state index < -0.39 is 0 Å². The predicted molar refractivity (Wildman–Crippen MR) is 90.6 cm³/mol. The second-order valence-electron chi connectivity index (χ2n) is 5.16. The molecule has 2 heteroatoms. The minimum atomic E-state index is 0.0307. The summed E-state index contributed by atoms with van der Waals surface area (Å²) in [5, 5.41) is 0.633. The van der Waals surface area contributed by atoms with Crippen LogP contribution in [0.3, 0.4) is 0 Å². The molecular formula is C20H15ClO. The lowest BCUT2D eigenvalue weighted by Crippen LogP contribution is -2.05. The Hall–Kier alpha value is -2.38. The predicted octanol–water partition coefficient (Wildman–Crippen LogP) is 5.16. The third kappa shape index (κ3) is 3.26. The molecule has 0 bridgehead atoms. The second-order valence-corrected chi connectivity index (χ2v) is 5.59. The van der Waals surface area contributed by atoms with E-state index >= 15 is 0 Å². The van der Waals surface area contributed by atoms with Crippen molar-refractivity contribution in [2.24, 2.45) is 0 Å². The molecule has 0 atom stereocenters. The summed E-state index contributed by atoms with van der Waals surface area (Å²) in [7, 11) is 0. The van der Waals surface area contributed by atoms with Gasteiger partial charge in [-0.05, 0) is 41.8 Å². The second kappa shape index (κ2) is 6.59. The molecule has 0 aromatic heterocycles. The van der Waals surface area contributed by atoms with Crippen molar-refractivity contribution in [1.82, 2.24) is 0 Å². The molecule has 0 heterocycles. The van der Waals surface area contributed by atoms with Gasteiger partial charge in [-0.25, -0.2) is 0 Å². The summed E-state index contributed by atoms with van der Waals surface area (Å²) in [6.45, 7) is 0. The number of carbonyl (C=O) groups excluding carboxylic acids is 1. The summed E-state index contributed by atoms with van der Waals surface area (Å²) in [4.78, 5) is 12.7. The van der Waals surface area contributed by atoms with E-state index in [4.69, 9.17) is 11.6 Å². The number of hydrogen-bond acceptors (Lipinski definition) is 1. The zero-order valence-electron chi connectivity index (χ0n) is 12.0. The molecule has 22 heavy (non-hydrogen) atoms. The summed E-state index contributed by atoms with van der Waals surface area (Å²) in [6.07, 6.45) is 0.746. The maximum absolute atomic E-state index is 12.7. The van der Waals surface area contributed by atoms with E-state index in [9.17, 15) is 4.79 Å². The van der Waals surface area contributed by atoms with Crippen LogP contribution in [0.15, 0.2) is 78.9 Å². The molecule has 1 nitrogen and oxygen atoms in total. The summed E-state index contributed by atoms with van der Waals surface area (Å²) in [5.41, 5.74) is 3.63. The lowest BCUT2D eigenvalue weighted by Gasteiger charge is -2.09. The first kappa shape index (κ1) is 14.6. The van der Waals surface area contributed by atoms with Gasteiger partial charge in [-0.2, -0.15) is 0 Å². The number of carbonyl (C=O) groups is 1. The Kier molecular flexibility index (Phi) is 4.36. The van der Waals surface area contributed by atoms with Gasteiger partial charge in [0.15, 0.2) is 5.78 Å². The molecule has 0 saturated carbocycles. The van der Waals surface area contributed by atoms with Crippen molar-refractivity contribution < 1.29 is 4.79 Å². The van der Waals surface area contributed by atoms with Gasteiger partial charge < -0.3 is 0 Å². The van der Waals surface area contributed by atoms with E-state index in [0.717, 1.165) is 17.5 Å². The van der Waals surface area contributed by atoms with Gasteiger partial charge in [0.2, 0.25) is 0 Å². The van der Waals surface area contributed by atoms with Crippen LogP contribution in [0.5, 0.6) is 0 Å². The molecule has 3 aromatic rings. The Labute approximate surface area is 135 Å². The van der Waals surface area contributed by atoms with Crippen LogP contribution in [0.4, 0.5) is 0 Å². The first-order valence-electron chi connectivity index (χ1n) is 7.16. The van der Waals surface area contributed by atoms with Crippen molar-refractivity contribution in [3.05, 3.63) is 106 Å². The van der Waals surface area contributed by atoms with Crippen LogP contribution in [0.2, 0.25) is 5.02 Å². The van der Waals surface area contributed by atoms with Crippen molar-refractivity contribution in [3.8, 4) is 0 Å². The highest BCUT2D eigenvalue weighted by Gasteiger charge is 2.13. The monoisotopic (exact) mass is 306 g/mol. The lowest BCUT2D eigenvalue weighted by atomic mass is 9.94. The maximum Gasteiger partial charge on any atom is 0.193 e. The quantitative estimate of drug-likeness (QED) is 0.608. The summed E-state index contributed by atoms with van der Waals surface area (Å²) < 4.78 is 0. The normalized spacial score (nSPS) is 10.4. The van der Waals surface area contributed by atoms with Crippen LogP contribution in [-0.4, -0.2) is 5.78 Å². The molecule has 0 aliphatic rings. The lowest BCUT2D eigenvalue weighted by molar-refractivity contribution is 0.103. The first-order valence-corrected chi connectivity index (χ1v) is 7.54. The number of hydrogen-bond donors (Lipinski definition) is 0. The van der Waals surface area contributed by atoms with E-state index in [1.165, 1.54) is 5.56 Å². The standard InChI is InChI=1S/C20H15ClO/c21-18-12-10-16(11-13-18)20(22)19-9-5-4-8-17(19)14-15-6-2-1-3-7-15/h1-13H,14H2. The summed E-state index contributed by atoms with van der Waals surface area (Å²) in [6, 6.07) is 25.0. The van der Waals surface area contributed by atoms with Crippen LogP contribution in [0.25, 0.3) is 0 Å². The average Bonchev–Trinajstić information content (AvgIpc) is 2.56. The molecule has 0 unspecified atom stereocenters. The Bertz CT molecular complexity index is 776. The van der Waals surface area contributed by atoms with Crippen molar-refractivity contribution in [1.29, 1.82) is 0 Å². The number of benzene rings is 3. The SMILES string of the molecule is O=C(c1ccc(Cl)cc1)c1ccccc1Cc1ccccc1. The molecule has 0 amide bonds. The van der Waals surface area contributed by atoms with Crippen LogP contribution in [0, 0.1) is 0 Å². The molecule has 0 radical (unpaired) electrons. The van der Waals surface area contributed by atoms with Gasteiger partial charge in [0.1, 0.15) is 0 Å². The van der Waals surface area contributed by atoms with Crippen molar-refractivity contribution in [3.63, 3.8) is 0 Å². The first-order chi connectivity index (χ1) is 10.7. The smallest absolute Gasteiger partial charge is 0.193 e. The molecular weight excluding hydrogens is 292 g/mol. The van der Waals surface area contributed by atoms with Gasteiger partial charge in [-0.3, -0.25) is 4.79 Å². The molecule has 0 spiro atoms. The van der Waals surface area contributed by atoms with E-state index in [-0.39, 0.29) is 5.78 Å². The van der Waals surface area contributed by atoms with E-state index in [1.54, 1.807) is 24.3 Å². The fourth-order valence-electron chi connectivity index (χ4n) is 2.47. The number of halogens is 1. The van der Waals surface area contributed by atoms with Crippen LogP contribution >= 0.6 is 11.6 Å². The Morgan fingerprint density at radius 2 is 1.41 bits per heavy atom. The van der Waals surface area contributed by atoms with Gasteiger partial charge in [-0.15, -0.1) is 0 Å². The Balaban J connectivity index is 1.94. The molecule has 3 aromatic carbocycles. The van der Waals surface area contributed by atoms with E-state index in [1.807, 2.05) is 42.5 Å². The zero-order valence-corrected chi connectivity index (χ0v) is 12.8. The van der Waals surface area contributed by atoms with Crippen LogP contribution in [0.1, 0.15) is 27.0 Å². The highest BCUT2D eigenvalue weighted by atomic mass is 35.5. The van der Waals surface area contributed by atoms with Gasteiger partial charge in [0, 0.05) is 16.1 Å². The topological polar surface area (TPSA) is 17.1 Å². The fraction of sp³-hybridized carbons (Fsp3) is 0.0500. The van der Waals surface area contributed by atoms with Crippen molar-refractivity contribution >= 4 is 17.4 Å². The maximum atomic E-state index is 12.7. The Morgan fingerprint density at radius 1 is 0.773 bits per heavy atom. The van der Waals surface area contributed by atoms with Crippen LogP contribution in [-0.2, 0) is 6.42 Å². The molecule has 0 aliphatic heterocycles. The fourth-order valence-corrected chi connectivity index (χ4v) is 2.59. The largest absolute Gasteiger partial charge is 0.289 e. The van der Waals surface area contributed by atoms with Gasteiger partial charge >= 0.3 is 0 Å². The molecule has 0 saturated heterocycles. The van der Waals surface area contributed by atoms with Crippen LogP contribution < -0.4 is 0 Å². The molecule has 108 valence electrons. The third-order valence-electron chi connectivity index (χ3n) is 3.61. The third-order valence-corrected chi connectivity index (χ3v) is 3.86. The minimum absolute atomic E-state index is 0.0307. The summed E-state index contributed by atoms with van der Waals surface area (Å²) >= 11 is 5.89. The zero-order chi connectivity index (χ0) is 15.4. The van der Waals surface area contributed by atoms with E-state index in [2.05, 4.69) is 12.1 Å². The molecule has 0 aliphatic carbocycles. The van der Waals surface area contributed by atoms with Gasteiger partial charge in [0.05, 0.1) is 0 Å². The van der Waals surface area contributed by atoms with E-state index in [0.29, 0.717) is 10.6 Å². The van der Waals surface area contributed by atoms with Gasteiger partial charge in [-0.1, -0.05) is 66.2 Å². The van der Waals surface area contributed by atoms with Crippen molar-refractivity contribution in [2.75, 3.05) is 0 Å². The molecule has 3 rings (SSSR count). The average molecular weight is 307 g/mol. The number of rotatable bonds is 4. The molecule has 0 fully saturated rings. The molecule has 0 N–H and O–H groups in total.